The van der Waals surface area contributed by atoms with Gasteiger partial charge in [0.2, 0.25) is 5.91 Å². The van der Waals surface area contributed by atoms with E-state index in [9.17, 15) is 4.79 Å². The number of pyridine rings is 1. The molecule has 0 saturated heterocycles. The molecule has 0 spiro atoms. The van der Waals surface area contributed by atoms with Gasteiger partial charge in [-0.1, -0.05) is 24.3 Å². The minimum atomic E-state index is 0.0451. The van der Waals surface area contributed by atoms with E-state index in [0.717, 1.165) is 49.8 Å². The van der Waals surface area contributed by atoms with Crippen molar-refractivity contribution < 1.29 is 4.79 Å². The quantitative estimate of drug-likeness (QED) is 0.390. The second-order valence-electron chi connectivity index (χ2n) is 8.72. The summed E-state index contributed by atoms with van der Waals surface area (Å²) in [6.45, 7) is 3.09. The third-order valence-corrected chi connectivity index (χ3v) is 6.48. The summed E-state index contributed by atoms with van der Waals surface area (Å²) in [5.74, 6) is 0.610. The number of amides is 1. The average molecular weight is 426 g/mol. The van der Waals surface area contributed by atoms with Crippen LogP contribution < -0.4 is 10.6 Å². The van der Waals surface area contributed by atoms with Crippen molar-refractivity contribution in [3.63, 3.8) is 0 Å². The Balaban J connectivity index is 1.34. The number of aromatic amines is 1. The summed E-state index contributed by atoms with van der Waals surface area (Å²) < 4.78 is 0. The first-order valence-electron chi connectivity index (χ1n) is 11.5. The van der Waals surface area contributed by atoms with Crippen molar-refractivity contribution in [1.82, 2.24) is 15.3 Å². The zero-order chi connectivity index (χ0) is 21.9. The van der Waals surface area contributed by atoms with E-state index >= 15 is 0 Å². The predicted molar refractivity (Wildman–Crippen MR) is 131 cm³/mol. The standard InChI is InChI=1S/C27H29N4O/c1-18(32)28-13-10-20-6-8-23-26(17-20)31-25-5-3-2-4-22(25)27(23)30-14-11-19-7-9-24-21(16-19)12-15-29-24/h2-5,7,9,11-12,15-16,20,29H,6,8,10,13-14,17H2,1H3,(H,28,32)(H,30,31). The lowest BCUT2D eigenvalue weighted by Gasteiger charge is -2.27. The highest BCUT2D eigenvalue weighted by atomic mass is 16.1. The minimum absolute atomic E-state index is 0.0451. The lowest BCUT2D eigenvalue weighted by molar-refractivity contribution is -0.119. The van der Waals surface area contributed by atoms with Crippen molar-refractivity contribution in [1.29, 1.82) is 0 Å². The maximum Gasteiger partial charge on any atom is 0.216 e. The SMILES string of the molecule is CC(=O)NCCC1CCc2c(nc3ccccc3c2NC[CH]c2ccc3[nH]ccc3c2)C1. The number of H-pyrrole nitrogens is 1. The van der Waals surface area contributed by atoms with E-state index in [1.807, 2.05) is 6.20 Å². The van der Waals surface area contributed by atoms with Gasteiger partial charge in [0.15, 0.2) is 0 Å². The third-order valence-electron chi connectivity index (χ3n) is 6.48. The fraction of sp³-hybridized carbons (Fsp3) is 0.296. The fourth-order valence-corrected chi connectivity index (χ4v) is 4.83. The molecule has 2 aromatic carbocycles. The van der Waals surface area contributed by atoms with Crippen molar-refractivity contribution in [3.05, 3.63) is 78.0 Å². The smallest absolute Gasteiger partial charge is 0.216 e. The molecule has 0 aliphatic heterocycles. The molecule has 5 nitrogen and oxygen atoms in total. The molecule has 163 valence electrons. The van der Waals surface area contributed by atoms with Gasteiger partial charge in [-0.2, -0.15) is 0 Å². The number of hydrogen-bond acceptors (Lipinski definition) is 3. The Labute approximate surface area is 188 Å². The van der Waals surface area contributed by atoms with E-state index in [1.165, 1.54) is 33.3 Å². The molecule has 3 N–H and O–H groups in total. The lowest BCUT2D eigenvalue weighted by Crippen LogP contribution is -2.26. The molecule has 0 bridgehead atoms. The van der Waals surface area contributed by atoms with Gasteiger partial charge in [0.25, 0.3) is 0 Å². The van der Waals surface area contributed by atoms with Gasteiger partial charge in [0, 0.05) is 54.9 Å². The number of anilines is 1. The minimum Gasteiger partial charge on any atom is -0.384 e. The number of fused-ring (bicyclic) bond motifs is 3. The first-order chi connectivity index (χ1) is 15.7. The molecule has 1 aliphatic rings. The number of hydrogen-bond donors (Lipinski definition) is 3. The van der Waals surface area contributed by atoms with Crippen molar-refractivity contribution in [2.75, 3.05) is 18.4 Å². The first kappa shape index (κ1) is 20.6. The second kappa shape index (κ2) is 9.03. The number of nitrogens with zero attached hydrogens (tertiary/aromatic N) is 1. The van der Waals surface area contributed by atoms with Crippen LogP contribution in [0.2, 0.25) is 0 Å². The Morgan fingerprint density at radius 2 is 2.12 bits per heavy atom. The fourth-order valence-electron chi connectivity index (χ4n) is 4.83. The number of benzene rings is 2. The molecule has 5 heteroatoms. The Morgan fingerprint density at radius 1 is 1.22 bits per heavy atom. The van der Waals surface area contributed by atoms with Crippen LogP contribution in [0.5, 0.6) is 0 Å². The van der Waals surface area contributed by atoms with Crippen LogP contribution >= 0.6 is 0 Å². The molecule has 32 heavy (non-hydrogen) atoms. The van der Waals surface area contributed by atoms with Crippen LogP contribution in [0.25, 0.3) is 21.8 Å². The molecule has 2 aromatic heterocycles. The van der Waals surface area contributed by atoms with E-state index in [-0.39, 0.29) is 5.91 Å². The van der Waals surface area contributed by atoms with Crippen LogP contribution in [0.1, 0.15) is 36.6 Å². The number of aromatic nitrogens is 2. The number of carbonyl (C=O) groups is 1. The first-order valence-corrected chi connectivity index (χ1v) is 11.5. The number of carbonyl (C=O) groups excluding carboxylic acids is 1. The zero-order valence-electron chi connectivity index (χ0n) is 18.4. The van der Waals surface area contributed by atoms with Crippen LogP contribution in [-0.2, 0) is 17.6 Å². The molecule has 2 heterocycles. The average Bonchev–Trinajstić information content (AvgIpc) is 3.26. The summed E-state index contributed by atoms with van der Waals surface area (Å²) >= 11 is 0. The number of para-hydroxylation sites is 1. The van der Waals surface area contributed by atoms with Crippen molar-refractivity contribution in [3.8, 4) is 0 Å². The molecular weight excluding hydrogens is 396 g/mol. The van der Waals surface area contributed by atoms with Gasteiger partial charge in [-0.05, 0) is 72.4 Å². The Hall–Kier alpha value is -3.34. The van der Waals surface area contributed by atoms with Crippen LogP contribution in [-0.4, -0.2) is 29.0 Å². The molecule has 1 amide bonds. The molecular formula is C27H29N4O. The van der Waals surface area contributed by atoms with Crippen molar-refractivity contribution >= 4 is 33.4 Å². The maximum atomic E-state index is 11.2. The third kappa shape index (κ3) is 4.33. The summed E-state index contributed by atoms with van der Waals surface area (Å²) in [4.78, 5) is 19.5. The van der Waals surface area contributed by atoms with Gasteiger partial charge < -0.3 is 15.6 Å². The van der Waals surface area contributed by atoms with Crippen LogP contribution in [0.15, 0.2) is 54.7 Å². The van der Waals surface area contributed by atoms with Crippen LogP contribution in [0.3, 0.4) is 0 Å². The molecule has 0 fully saturated rings. The molecule has 1 radical (unpaired) electrons. The molecule has 1 unspecified atom stereocenters. The van der Waals surface area contributed by atoms with Gasteiger partial charge >= 0.3 is 0 Å². The molecule has 0 saturated carbocycles. The zero-order valence-corrected chi connectivity index (χ0v) is 18.4. The van der Waals surface area contributed by atoms with E-state index in [1.54, 1.807) is 6.92 Å². The summed E-state index contributed by atoms with van der Waals surface area (Å²) in [7, 11) is 0. The van der Waals surface area contributed by atoms with Crippen molar-refractivity contribution in [2.45, 2.75) is 32.6 Å². The van der Waals surface area contributed by atoms with E-state index in [2.05, 4.69) is 70.6 Å². The van der Waals surface area contributed by atoms with E-state index in [4.69, 9.17) is 4.98 Å². The van der Waals surface area contributed by atoms with Gasteiger partial charge in [-0.3, -0.25) is 9.78 Å². The predicted octanol–water partition coefficient (Wildman–Crippen LogP) is 5.01. The Bertz CT molecular complexity index is 1260. The topological polar surface area (TPSA) is 69.8 Å². The molecule has 1 atom stereocenters. The Kier molecular flexibility index (Phi) is 5.80. The number of nitrogens with one attached hydrogen (secondary N) is 3. The van der Waals surface area contributed by atoms with Crippen LogP contribution in [0.4, 0.5) is 5.69 Å². The maximum absolute atomic E-state index is 11.2. The van der Waals surface area contributed by atoms with Gasteiger partial charge in [0.1, 0.15) is 0 Å². The van der Waals surface area contributed by atoms with Crippen LogP contribution in [0, 0.1) is 12.3 Å². The largest absolute Gasteiger partial charge is 0.384 e. The number of rotatable bonds is 7. The highest BCUT2D eigenvalue weighted by molar-refractivity contribution is 5.93. The molecule has 1 aliphatic carbocycles. The summed E-state index contributed by atoms with van der Waals surface area (Å²) in [6.07, 6.45) is 8.36. The van der Waals surface area contributed by atoms with Crippen molar-refractivity contribution in [2.24, 2.45) is 5.92 Å². The normalized spacial score (nSPS) is 15.6. The summed E-state index contributed by atoms with van der Waals surface area (Å²) in [6, 6.07) is 17.0. The highest BCUT2D eigenvalue weighted by Gasteiger charge is 2.23. The van der Waals surface area contributed by atoms with E-state index in [0.29, 0.717) is 5.92 Å². The molecule has 4 aromatic rings. The van der Waals surface area contributed by atoms with Gasteiger partial charge in [-0.15, -0.1) is 0 Å². The van der Waals surface area contributed by atoms with E-state index < -0.39 is 0 Å². The Morgan fingerprint density at radius 3 is 3.03 bits per heavy atom. The second-order valence-corrected chi connectivity index (χ2v) is 8.72. The highest BCUT2D eigenvalue weighted by Crippen LogP contribution is 2.36. The van der Waals surface area contributed by atoms with Gasteiger partial charge in [-0.25, -0.2) is 0 Å². The summed E-state index contributed by atoms with van der Waals surface area (Å²) in [5, 5.41) is 9.08. The summed E-state index contributed by atoms with van der Waals surface area (Å²) in [5.41, 5.74) is 7.22. The van der Waals surface area contributed by atoms with Gasteiger partial charge in [0.05, 0.1) is 5.52 Å². The molecule has 5 rings (SSSR count). The lowest BCUT2D eigenvalue weighted by atomic mass is 9.83. The monoisotopic (exact) mass is 425 g/mol.